The number of nitrogens with zero attached hydrogens (tertiary/aromatic N) is 1. The standard InChI is InChI=1S/C22H26N2O3/c1-16-12-17(2)14-19(13-16)21(25)23-15-18-8-10-24(11-9-18)22(26)27-20-6-4-3-5-7-20/h3-7,12-14,18H,8-11,15H2,1-2H3,(H,23,25). The van der Waals surface area contributed by atoms with Gasteiger partial charge in [0.1, 0.15) is 5.75 Å². The number of amides is 2. The van der Waals surface area contributed by atoms with Crippen LogP contribution >= 0.6 is 0 Å². The normalized spacial score (nSPS) is 14.7. The summed E-state index contributed by atoms with van der Waals surface area (Å²) in [5.41, 5.74) is 2.88. The zero-order chi connectivity index (χ0) is 19.2. The van der Waals surface area contributed by atoms with Gasteiger partial charge in [0.15, 0.2) is 0 Å². The van der Waals surface area contributed by atoms with Crippen LogP contribution in [0.3, 0.4) is 0 Å². The maximum absolute atomic E-state index is 12.4. The lowest BCUT2D eigenvalue weighted by Crippen LogP contribution is -2.42. The van der Waals surface area contributed by atoms with Gasteiger partial charge in [0.25, 0.3) is 5.91 Å². The molecule has 142 valence electrons. The highest BCUT2D eigenvalue weighted by Crippen LogP contribution is 2.19. The number of ether oxygens (including phenoxy) is 1. The number of rotatable bonds is 4. The van der Waals surface area contributed by atoms with Gasteiger partial charge in [-0.3, -0.25) is 4.79 Å². The smallest absolute Gasteiger partial charge is 0.410 e. The van der Waals surface area contributed by atoms with E-state index < -0.39 is 0 Å². The molecule has 1 fully saturated rings. The first-order valence-electron chi connectivity index (χ1n) is 9.39. The van der Waals surface area contributed by atoms with Crippen LogP contribution in [0.4, 0.5) is 4.79 Å². The molecule has 3 rings (SSSR count). The number of benzene rings is 2. The van der Waals surface area contributed by atoms with Crippen LogP contribution < -0.4 is 10.1 Å². The summed E-state index contributed by atoms with van der Waals surface area (Å²) in [6, 6.07) is 15.0. The zero-order valence-electron chi connectivity index (χ0n) is 15.9. The summed E-state index contributed by atoms with van der Waals surface area (Å²) in [6.45, 7) is 5.92. The van der Waals surface area contributed by atoms with Gasteiger partial charge in [0.2, 0.25) is 0 Å². The summed E-state index contributed by atoms with van der Waals surface area (Å²) < 4.78 is 5.38. The molecule has 0 saturated carbocycles. The van der Waals surface area contributed by atoms with Crippen LogP contribution in [0.1, 0.15) is 34.3 Å². The fourth-order valence-corrected chi connectivity index (χ4v) is 3.42. The summed E-state index contributed by atoms with van der Waals surface area (Å²) in [5.74, 6) is 0.902. The molecule has 1 aliphatic rings. The highest BCUT2D eigenvalue weighted by atomic mass is 16.6. The van der Waals surface area contributed by atoms with Gasteiger partial charge in [-0.2, -0.15) is 0 Å². The average molecular weight is 366 g/mol. The third kappa shape index (κ3) is 5.33. The van der Waals surface area contributed by atoms with E-state index >= 15 is 0 Å². The highest BCUT2D eigenvalue weighted by molar-refractivity contribution is 5.94. The Bertz CT molecular complexity index is 776. The summed E-state index contributed by atoms with van der Waals surface area (Å²) in [7, 11) is 0. The fourth-order valence-electron chi connectivity index (χ4n) is 3.42. The maximum atomic E-state index is 12.4. The van der Waals surface area contributed by atoms with Gasteiger partial charge in [-0.05, 0) is 56.9 Å². The summed E-state index contributed by atoms with van der Waals surface area (Å²) in [6.07, 6.45) is 1.41. The molecule has 2 amide bonds. The lowest BCUT2D eigenvalue weighted by Gasteiger charge is -2.31. The SMILES string of the molecule is Cc1cc(C)cc(C(=O)NCC2CCN(C(=O)Oc3ccccc3)CC2)c1. The van der Waals surface area contributed by atoms with Gasteiger partial charge in [-0.15, -0.1) is 0 Å². The zero-order valence-corrected chi connectivity index (χ0v) is 15.9. The van der Waals surface area contributed by atoms with Gasteiger partial charge in [-0.25, -0.2) is 4.79 Å². The Morgan fingerprint density at radius 1 is 1.04 bits per heavy atom. The number of nitrogens with one attached hydrogen (secondary N) is 1. The van der Waals surface area contributed by atoms with Crippen molar-refractivity contribution in [3.8, 4) is 5.75 Å². The van der Waals surface area contributed by atoms with Crippen molar-refractivity contribution < 1.29 is 14.3 Å². The van der Waals surface area contributed by atoms with E-state index in [9.17, 15) is 9.59 Å². The highest BCUT2D eigenvalue weighted by Gasteiger charge is 2.24. The number of para-hydroxylation sites is 1. The predicted octanol–water partition coefficient (Wildman–Crippen LogP) is 3.94. The van der Waals surface area contributed by atoms with Crippen molar-refractivity contribution in [3.05, 3.63) is 65.2 Å². The quantitative estimate of drug-likeness (QED) is 0.891. The first kappa shape index (κ1) is 19.0. The monoisotopic (exact) mass is 366 g/mol. The van der Waals surface area contributed by atoms with Crippen LogP contribution in [-0.4, -0.2) is 36.5 Å². The molecule has 5 nitrogen and oxygen atoms in total. The van der Waals surface area contributed by atoms with Crippen molar-refractivity contribution in [2.75, 3.05) is 19.6 Å². The van der Waals surface area contributed by atoms with Gasteiger partial charge in [0, 0.05) is 25.2 Å². The van der Waals surface area contributed by atoms with Crippen LogP contribution in [0.25, 0.3) is 0 Å². The molecule has 0 aliphatic carbocycles. The first-order chi connectivity index (χ1) is 13.0. The molecular formula is C22H26N2O3. The molecule has 0 radical (unpaired) electrons. The lowest BCUT2D eigenvalue weighted by molar-refractivity contribution is 0.0931. The number of likely N-dealkylation sites (tertiary alicyclic amines) is 1. The Morgan fingerprint density at radius 3 is 2.30 bits per heavy atom. The van der Waals surface area contributed by atoms with Crippen molar-refractivity contribution in [2.45, 2.75) is 26.7 Å². The Balaban J connectivity index is 1.44. The Labute approximate surface area is 160 Å². The number of carbonyl (C=O) groups excluding carboxylic acids is 2. The Morgan fingerprint density at radius 2 is 1.67 bits per heavy atom. The minimum absolute atomic E-state index is 0.0345. The van der Waals surface area contributed by atoms with Crippen molar-refractivity contribution in [3.63, 3.8) is 0 Å². The van der Waals surface area contributed by atoms with E-state index in [1.165, 1.54) is 0 Å². The maximum Gasteiger partial charge on any atom is 0.415 e. The first-order valence-corrected chi connectivity index (χ1v) is 9.39. The molecule has 27 heavy (non-hydrogen) atoms. The van der Waals surface area contributed by atoms with Crippen LogP contribution in [0.15, 0.2) is 48.5 Å². The molecule has 1 saturated heterocycles. The largest absolute Gasteiger partial charge is 0.415 e. The Hall–Kier alpha value is -2.82. The molecule has 5 heteroatoms. The second kappa shape index (κ2) is 8.71. The molecule has 0 spiro atoms. The number of piperidine rings is 1. The van der Waals surface area contributed by atoms with Gasteiger partial charge < -0.3 is 15.0 Å². The molecule has 2 aromatic rings. The molecule has 1 aliphatic heterocycles. The minimum atomic E-state index is -0.307. The number of aryl methyl sites for hydroxylation is 2. The third-order valence-electron chi connectivity index (χ3n) is 4.86. The van der Waals surface area contributed by atoms with E-state index in [0.717, 1.165) is 24.0 Å². The second-order valence-electron chi connectivity index (χ2n) is 7.20. The van der Waals surface area contributed by atoms with Gasteiger partial charge in [0.05, 0.1) is 0 Å². The van der Waals surface area contributed by atoms with E-state index in [-0.39, 0.29) is 12.0 Å². The molecular weight excluding hydrogens is 340 g/mol. The molecule has 0 aromatic heterocycles. The molecule has 2 aromatic carbocycles. The molecule has 1 N–H and O–H groups in total. The van der Waals surface area contributed by atoms with Crippen molar-refractivity contribution in [1.82, 2.24) is 10.2 Å². The van der Waals surface area contributed by atoms with E-state index in [4.69, 9.17) is 4.74 Å². The van der Waals surface area contributed by atoms with E-state index in [2.05, 4.69) is 11.4 Å². The van der Waals surface area contributed by atoms with Gasteiger partial charge in [-0.1, -0.05) is 35.4 Å². The number of hydrogen-bond acceptors (Lipinski definition) is 3. The topological polar surface area (TPSA) is 58.6 Å². The summed E-state index contributed by atoms with van der Waals surface area (Å²) in [4.78, 5) is 26.3. The second-order valence-corrected chi connectivity index (χ2v) is 7.20. The average Bonchev–Trinajstić information content (AvgIpc) is 2.66. The van der Waals surface area contributed by atoms with Gasteiger partial charge >= 0.3 is 6.09 Å². The molecule has 0 atom stereocenters. The number of hydrogen-bond donors (Lipinski definition) is 1. The summed E-state index contributed by atoms with van der Waals surface area (Å²) >= 11 is 0. The van der Waals surface area contributed by atoms with Crippen molar-refractivity contribution >= 4 is 12.0 Å². The van der Waals surface area contributed by atoms with E-state index in [0.29, 0.717) is 36.9 Å². The fraction of sp³-hybridized carbons (Fsp3) is 0.364. The lowest BCUT2D eigenvalue weighted by atomic mass is 9.97. The number of carbonyl (C=O) groups is 2. The van der Waals surface area contributed by atoms with Crippen LogP contribution in [-0.2, 0) is 0 Å². The van der Waals surface area contributed by atoms with E-state index in [1.807, 2.05) is 44.2 Å². The molecule has 0 bridgehead atoms. The molecule has 1 heterocycles. The third-order valence-corrected chi connectivity index (χ3v) is 4.86. The van der Waals surface area contributed by atoms with Crippen LogP contribution in [0, 0.1) is 19.8 Å². The van der Waals surface area contributed by atoms with Crippen molar-refractivity contribution in [2.24, 2.45) is 5.92 Å². The predicted molar refractivity (Wildman–Crippen MR) is 105 cm³/mol. The molecule has 0 unspecified atom stereocenters. The van der Waals surface area contributed by atoms with Crippen LogP contribution in [0.2, 0.25) is 0 Å². The van der Waals surface area contributed by atoms with Crippen molar-refractivity contribution in [1.29, 1.82) is 0 Å². The minimum Gasteiger partial charge on any atom is -0.410 e. The van der Waals surface area contributed by atoms with Crippen LogP contribution in [0.5, 0.6) is 5.75 Å². The van der Waals surface area contributed by atoms with E-state index in [1.54, 1.807) is 17.0 Å². The Kier molecular flexibility index (Phi) is 6.12. The summed E-state index contributed by atoms with van der Waals surface area (Å²) in [5, 5.41) is 3.03.